The molecule has 0 aliphatic heterocycles. The number of aromatic nitrogens is 5. The van der Waals surface area contributed by atoms with Gasteiger partial charge in [0.15, 0.2) is 16.9 Å². The van der Waals surface area contributed by atoms with Crippen LogP contribution in [0, 0.1) is 5.92 Å². The molecular weight excluding hydrogens is 358 g/mol. The Balaban J connectivity index is 1.74. The molecule has 0 N–H and O–H groups in total. The van der Waals surface area contributed by atoms with Crippen molar-refractivity contribution < 1.29 is 4.52 Å². The van der Waals surface area contributed by atoms with Crippen molar-refractivity contribution in [3.8, 4) is 0 Å². The van der Waals surface area contributed by atoms with E-state index in [0.29, 0.717) is 22.8 Å². The van der Waals surface area contributed by atoms with E-state index < -0.39 is 5.69 Å². The summed E-state index contributed by atoms with van der Waals surface area (Å²) in [6, 6.07) is 1.81. The van der Waals surface area contributed by atoms with Gasteiger partial charge in [-0.05, 0) is 24.7 Å². The van der Waals surface area contributed by atoms with Crippen LogP contribution in [0.4, 0.5) is 0 Å². The summed E-state index contributed by atoms with van der Waals surface area (Å²) < 4.78 is 9.92. The molecule has 8 heteroatoms. The number of hydrogen-bond donors (Lipinski definition) is 0. The van der Waals surface area contributed by atoms with E-state index in [1.54, 1.807) is 19.4 Å². The number of fused-ring (bicyclic) bond motifs is 1. The van der Waals surface area contributed by atoms with Gasteiger partial charge >= 0.3 is 5.69 Å². The van der Waals surface area contributed by atoms with Crippen molar-refractivity contribution in [3.63, 3.8) is 0 Å². The zero-order valence-corrected chi connectivity index (χ0v) is 16.7. The molecule has 3 aromatic heterocycles. The molecule has 1 fully saturated rings. The second-order valence-corrected chi connectivity index (χ2v) is 8.18. The summed E-state index contributed by atoms with van der Waals surface area (Å²) in [5.41, 5.74) is 0.999. The highest BCUT2D eigenvalue weighted by Gasteiger charge is 2.21. The second-order valence-electron chi connectivity index (χ2n) is 8.18. The molecule has 0 spiro atoms. The first-order valence-corrected chi connectivity index (χ1v) is 10.1. The van der Waals surface area contributed by atoms with E-state index in [4.69, 9.17) is 4.52 Å². The summed E-state index contributed by atoms with van der Waals surface area (Å²) in [5, 5.41) is 4.02. The van der Waals surface area contributed by atoms with Gasteiger partial charge in [-0.15, -0.1) is 0 Å². The van der Waals surface area contributed by atoms with Crippen LogP contribution in [-0.4, -0.2) is 23.8 Å². The van der Waals surface area contributed by atoms with E-state index in [-0.39, 0.29) is 18.0 Å². The first-order valence-electron chi connectivity index (χ1n) is 10.1. The van der Waals surface area contributed by atoms with Crippen LogP contribution < -0.4 is 11.2 Å². The van der Waals surface area contributed by atoms with Gasteiger partial charge in [0.2, 0.25) is 0 Å². The molecule has 3 aromatic rings. The van der Waals surface area contributed by atoms with Gasteiger partial charge in [-0.2, -0.15) is 0 Å². The topological polar surface area (TPSA) is 87.9 Å². The molecule has 0 saturated heterocycles. The Morgan fingerprint density at radius 3 is 2.64 bits per heavy atom. The molecule has 0 radical (unpaired) electrons. The number of hydrogen-bond acceptors (Lipinski definition) is 5. The maximum Gasteiger partial charge on any atom is 0.332 e. The Labute approximate surface area is 162 Å². The monoisotopic (exact) mass is 385 g/mol. The molecule has 1 aliphatic rings. The van der Waals surface area contributed by atoms with Gasteiger partial charge in [0, 0.05) is 19.7 Å². The highest BCUT2D eigenvalue weighted by Crippen LogP contribution is 2.25. The van der Waals surface area contributed by atoms with Crippen LogP contribution in [0.2, 0.25) is 0 Å². The van der Waals surface area contributed by atoms with E-state index >= 15 is 0 Å². The Morgan fingerprint density at radius 2 is 1.96 bits per heavy atom. The van der Waals surface area contributed by atoms with Gasteiger partial charge < -0.3 is 9.09 Å². The normalized spacial score (nSPS) is 15.7. The van der Waals surface area contributed by atoms with Crippen molar-refractivity contribution in [2.45, 2.75) is 65.0 Å². The smallest absolute Gasteiger partial charge is 0.332 e. The quantitative estimate of drug-likeness (QED) is 0.674. The predicted molar refractivity (Wildman–Crippen MR) is 106 cm³/mol. The van der Waals surface area contributed by atoms with E-state index in [9.17, 15) is 9.59 Å². The number of nitrogens with zero attached hydrogens (tertiary/aromatic N) is 5. The van der Waals surface area contributed by atoms with Gasteiger partial charge in [0.25, 0.3) is 5.56 Å². The van der Waals surface area contributed by atoms with Crippen molar-refractivity contribution in [2.75, 3.05) is 0 Å². The molecule has 150 valence electrons. The van der Waals surface area contributed by atoms with Gasteiger partial charge in [-0.25, -0.2) is 9.78 Å². The third-order valence-electron chi connectivity index (χ3n) is 5.76. The molecule has 1 saturated carbocycles. The molecule has 0 aromatic carbocycles. The lowest BCUT2D eigenvalue weighted by Crippen LogP contribution is -2.40. The Morgan fingerprint density at radius 1 is 1.21 bits per heavy atom. The summed E-state index contributed by atoms with van der Waals surface area (Å²) >= 11 is 0. The van der Waals surface area contributed by atoms with E-state index in [2.05, 4.69) is 10.1 Å². The van der Waals surface area contributed by atoms with Crippen molar-refractivity contribution in [3.05, 3.63) is 44.7 Å². The zero-order valence-electron chi connectivity index (χ0n) is 16.7. The lowest BCUT2D eigenvalue weighted by molar-refractivity contribution is 0.321. The minimum absolute atomic E-state index is 0.0653. The average molecular weight is 385 g/mol. The maximum absolute atomic E-state index is 13.2. The third kappa shape index (κ3) is 3.31. The maximum atomic E-state index is 13.2. The second kappa shape index (κ2) is 7.41. The van der Waals surface area contributed by atoms with Gasteiger partial charge in [0.1, 0.15) is 0 Å². The third-order valence-corrected chi connectivity index (χ3v) is 5.76. The minimum Gasteiger partial charge on any atom is -0.359 e. The summed E-state index contributed by atoms with van der Waals surface area (Å²) in [5.74, 6) is 1.27. The molecule has 0 amide bonds. The van der Waals surface area contributed by atoms with Gasteiger partial charge in [-0.3, -0.25) is 13.9 Å². The first-order chi connectivity index (χ1) is 13.5. The molecular formula is C20H27N5O3. The van der Waals surface area contributed by atoms with Crippen LogP contribution in [0.15, 0.2) is 26.5 Å². The Kier molecular flexibility index (Phi) is 4.95. The molecule has 1 aliphatic carbocycles. The van der Waals surface area contributed by atoms with Crippen molar-refractivity contribution in [1.29, 1.82) is 0 Å². The van der Waals surface area contributed by atoms with Crippen LogP contribution >= 0.6 is 0 Å². The van der Waals surface area contributed by atoms with Crippen LogP contribution in [0.5, 0.6) is 0 Å². The van der Waals surface area contributed by atoms with Crippen LogP contribution in [0.25, 0.3) is 11.2 Å². The highest BCUT2D eigenvalue weighted by molar-refractivity contribution is 5.70. The predicted octanol–water partition coefficient (Wildman–Crippen LogP) is 2.64. The minimum atomic E-state index is -0.400. The fraction of sp³-hybridized carbons (Fsp3) is 0.600. The Bertz CT molecular complexity index is 1100. The van der Waals surface area contributed by atoms with Crippen LogP contribution in [-0.2, 0) is 20.1 Å². The lowest BCUT2D eigenvalue weighted by atomic mass is 9.89. The summed E-state index contributed by atoms with van der Waals surface area (Å²) in [7, 11) is 1.65. The molecule has 0 unspecified atom stereocenters. The van der Waals surface area contributed by atoms with Crippen molar-refractivity contribution in [2.24, 2.45) is 13.0 Å². The van der Waals surface area contributed by atoms with Crippen LogP contribution in [0.1, 0.15) is 63.3 Å². The summed E-state index contributed by atoms with van der Waals surface area (Å²) in [6.07, 6.45) is 7.81. The van der Waals surface area contributed by atoms with Gasteiger partial charge in [0.05, 0.1) is 18.6 Å². The molecule has 8 nitrogen and oxygen atoms in total. The molecule has 28 heavy (non-hydrogen) atoms. The SMILES string of the molecule is CC(C)c1cc(Cn2c(=O)c3c(ncn3CC3CCCCC3)n(C)c2=O)on1. The first kappa shape index (κ1) is 18.7. The summed E-state index contributed by atoms with van der Waals surface area (Å²) in [6.45, 7) is 4.87. The molecule has 0 bridgehead atoms. The highest BCUT2D eigenvalue weighted by atomic mass is 16.5. The van der Waals surface area contributed by atoms with Crippen molar-refractivity contribution >= 4 is 11.2 Å². The molecule has 3 heterocycles. The fourth-order valence-electron chi connectivity index (χ4n) is 4.08. The molecule has 0 atom stereocenters. The lowest BCUT2D eigenvalue weighted by Gasteiger charge is -2.22. The standard InChI is InChI=1S/C20H27N5O3/c1-13(2)16-9-15(28-22-16)11-25-19(26)17-18(23(3)20(25)27)21-12-24(17)10-14-7-5-4-6-8-14/h9,12-14H,4-8,10-11H2,1-3H3. The van der Waals surface area contributed by atoms with Crippen molar-refractivity contribution in [1.82, 2.24) is 23.8 Å². The van der Waals surface area contributed by atoms with E-state index in [1.807, 2.05) is 18.4 Å². The number of aryl methyl sites for hydroxylation is 1. The summed E-state index contributed by atoms with van der Waals surface area (Å²) in [4.78, 5) is 30.3. The fourth-order valence-corrected chi connectivity index (χ4v) is 4.08. The average Bonchev–Trinajstić information content (AvgIpc) is 3.32. The molecule has 4 rings (SSSR count). The zero-order chi connectivity index (χ0) is 19.8. The largest absolute Gasteiger partial charge is 0.359 e. The van der Waals surface area contributed by atoms with E-state index in [0.717, 1.165) is 12.2 Å². The Hall–Kier alpha value is -2.64. The number of rotatable bonds is 5. The number of imidazole rings is 1. The van der Waals surface area contributed by atoms with E-state index in [1.165, 1.54) is 41.2 Å². The van der Waals surface area contributed by atoms with Crippen LogP contribution in [0.3, 0.4) is 0 Å². The van der Waals surface area contributed by atoms with Gasteiger partial charge in [-0.1, -0.05) is 38.3 Å².